The van der Waals surface area contributed by atoms with Crippen LogP contribution in [0.2, 0.25) is 0 Å². The summed E-state index contributed by atoms with van der Waals surface area (Å²) in [5.41, 5.74) is 8.28. The highest BCUT2D eigenvalue weighted by molar-refractivity contribution is 7.98. The lowest BCUT2D eigenvalue weighted by Crippen LogP contribution is -2.37. The van der Waals surface area contributed by atoms with Crippen LogP contribution in [0.15, 0.2) is 53.4 Å². The van der Waals surface area contributed by atoms with Crippen LogP contribution >= 0.6 is 11.8 Å². The summed E-state index contributed by atoms with van der Waals surface area (Å²) in [4.78, 5) is 26.9. The Morgan fingerprint density at radius 1 is 1.15 bits per heavy atom. The molecule has 3 amide bonds. The van der Waals surface area contributed by atoms with Crippen LogP contribution in [0.4, 0.5) is 4.79 Å². The molecule has 0 aliphatic rings. The molecule has 0 radical (unpaired) electrons. The highest BCUT2D eigenvalue weighted by Gasteiger charge is 2.21. The predicted molar refractivity (Wildman–Crippen MR) is 106 cm³/mol. The molecule has 0 aromatic heterocycles. The van der Waals surface area contributed by atoms with Crippen LogP contribution in [-0.2, 0) is 11.3 Å². The lowest BCUT2D eigenvalue weighted by atomic mass is 9.98. The van der Waals surface area contributed by atoms with Gasteiger partial charge in [0.15, 0.2) is 0 Å². The van der Waals surface area contributed by atoms with Gasteiger partial charge in [-0.1, -0.05) is 36.4 Å². The number of nitrogens with zero attached hydrogens (tertiary/aromatic N) is 1. The number of carbonyl (C=O) groups excluding carboxylic acids is 2. The molecule has 26 heavy (non-hydrogen) atoms. The van der Waals surface area contributed by atoms with Gasteiger partial charge in [-0.05, 0) is 42.0 Å². The van der Waals surface area contributed by atoms with Crippen LogP contribution in [0.5, 0.6) is 0 Å². The summed E-state index contributed by atoms with van der Waals surface area (Å²) in [7, 11) is 1.77. The first-order valence-electron chi connectivity index (χ1n) is 8.39. The molecule has 2 rings (SSSR count). The van der Waals surface area contributed by atoms with Gasteiger partial charge >= 0.3 is 6.03 Å². The number of rotatable bonds is 7. The highest BCUT2D eigenvalue weighted by Crippen LogP contribution is 2.22. The van der Waals surface area contributed by atoms with E-state index in [1.165, 1.54) is 4.90 Å². The van der Waals surface area contributed by atoms with Crippen molar-refractivity contribution in [2.24, 2.45) is 5.73 Å². The minimum Gasteiger partial charge on any atom is -0.352 e. The number of amides is 3. The molecule has 0 bridgehead atoms. The number of nitrogens with one attached hydrogen (secondary N) is 1. The zero-order valence-corrected chi connectivity index (χ0v) is 16.2. The molecular weight excluding hydrogens is 346 g/mol. The van der Waals surface area contributed by atoms with E-state index >= 15 is 0 Å². The van der Waals surface area contributed by atoms with Gasteiger partial charge in [0.2, 0.25) is 5.91 Å². The maximum absolute atomic E-state index is 12.7. The molecule has 2 aromatic carbocycles. The van der Waals surface area contributed by atoms with E-state index in [1.807, 2.05) is 61.7 Å². The summed E-state index contributed by atoms with van der Waals surface area (Å²) in [5.74, 6) is -0.0547. The second-order valence-electron chi connectivity index (χ2n) is 6.22. The highest BCUT2D eigenvalue weighted by atomic mass is 32.2. The van der Waals surface area contributed by atoms with Crippen LogP contribution in [0, 0.1) is 6.92 Å². The van der Waals surface area contributed by atoms with Crippen molar-refractivity contribution >= 4 is 23.7 Å². The molecule has 0 fully saturated rings. The predicted octanol–water partition coefficient (Wildman–Crippen LogP) is 3.48. The minimum absolute atomic E-state index is 0.0547. The maximum atomic E-state index is 12.7. The van der Waals surface area contributed by atoms with Gasteiger partial charge in [0.05, 0.1) is 12.5 Å². The monoisotopic (exact) mass is 371 g/mol. The molecule has 2 aromatic rings. The Labute approximate surface area is 159 Å². The van der Waals surface area contributed by atoms with Crippen molar-refractivity contribution < 1.29 is 9.59 Å². The quantitative estimate of drug-likeness (QED) is 0.732. The maximum Gasteiger partial charge on any atom is 0.312 e. The van der Waals surface area contributed by atoms with Crippen molar-refractivity contribution in [2.45, 2.75) is 30.8 Å². The van der Waals surface area contributed by atoms with Gasteiger partial charge in [0.25, 0.3) is 0 Å². The number of nitrogens with two attached hydrogens (primary N) is 1. The van der Waals surface area contributed by atoms with E-state index in [4.69, 9.17) is 5.73 Å². The van der Waals surface area contributed by atoms with Crippen LogP contribution in [0.1, 0.15) is 29.2 Å². The fraction of sp³-hybridized carbons (Fsp3) is 0.300. The van der Waals surface area contributed by atoms with Crippen molar-refractivity contribution in [3.63, 3.8) is 0 Å². The van der Waals surface area contributed by atoms with E-state index in [9.17, 15) is 9.59 Å². The van der Waals surface area contributed by atoms with Gasteiger partial charge < -0.3 is 16.0 Å². The van der Waals surface area contributed by atoms with E-state index < -0.39 is 12.1 Å². The van der Waals surface area contributed by atoms with E-state index in [1.54, 1.807) is 23.7 Å². The number of urea groups is 1. The third kappa shape index (κ3) is 5.52. The van der Waals surface area contributed by atoms with E-state index in [0.29, 0.717) is 6.54 Å². The van der Waals surface area contributed by atoms with Crippen molar-refractivity contribution in [3.8, 4) is 0 Å². The molecule has 0 heterocycles. The Bertz CT molecular complexity index is 762. The number of hydrogen-bond donors (Lipinski definition) is 2. The summed E-state index contributed by atoms with van der Waals surface area (Å²) < 4.78 is 0. The van der Waals surface area contributed by atoms with E-state index in [2.05, 4.69) is 5.32 Å². The Morgan fingerprint density at radius 3 is 2.38 bits per heavy atom. The van der Waals surface area contributed by atoms with Crippen molar-refractivity contribution in [3.05, 3.63) is 65.2 Å². The topological polar surface area (TPSA) is 75.4 Å². The first-order valence-corrected chi connectivity index (χ1v) is 9.61. The van der Waals surface area contributed by atoms with Gasteiger partial charge in [-0.15, -0.1) is 11.8 Å². The fourth-order valence-corrected chi connectivity index (χ4v) is 3.22. The summed E-state index contributed by atoms with van der Waals surface area (Å²) in [6.07, 6.45) is 2.19. The van der Waals surface area contributed by atoms with Crippen LogP contribution < -0.4 is 11.1 Å². The average Bonchev–Trinajstić information content (AvgIpc) is 2.61. The Kier molecular flexibility index (Phi) is 7.09. The number of primary amides is 1. The number of thioether (sulfide) groups is 1. The molecule has 0 spiro atoms. The first-order chi connectivity index (χ1) is 12.4. The molecule has 1 atom stereocenters. The Morgan fingerprint density at radius 2 is 1.81 bits per heavy atom. The lowest BCUT2D eigenvalue weighted by Gasteiger charge is -2.23. The number of carbonyl (C=O) groups is 2. The molecule has 6 heteroatoms. The third-order valence-corrected chi connectivity index (χ3v) is 5.01. The molecule has 5 nitrogen and oxygen atoms in total. The second kappa shape index (κ2) is 9.29. The molecule has 138 valence electrons. The second-order valence-corrected chi connectivity index (χ2v) is 7.10. The zero-order chi connectivity index (χ0) is 19.1. The summed E-state index contributed by atoms with van der Waals surface area (Å²) >= 11 is 1.68. The van der Waals surface area contributed by atoms with Gasteiger partial charge in [-0.3, -0.25) is 4.79 Å². The van der Waals surface area contributed by atoms with Crippen molar-refractivity contribution in [1.29, 1.82) is 0 Å². The van der Waals surface area contributed by atoms with Crippen LogP contribution in [0.3, 0.4) is 0 Å². The number of benzene rings is 2. The first kappa shape index (κ1) is 19.8. The molecule has 1 unspecified atom stereocenters. The standard InChI is InChI=1S/C20H25N3O2S/c1-14-6-4-5-7-17(14)18(22-20(21)25)12-19(24)23(2)13-15-8-10-16(26-3)11-9-15/h4-11,18H,12-13H2,1-3H3,(H3,21,22,25). The van der Waals surface area contributed by atoms with Crippen molar-refractivity contribution in [2.75, 3.05) is 13.3 Å². The smallest absolute Gasteiger partial charge is 0.312 e. The zero-order valence-electron chi connectivity index (χ0n) is 15.4. The van der Waals surface area contributed by atoms with E-state index in [0.717, 1.165) is 16.7 Å². The molecule has 0 saturated heterocycles. The average molecular weight is 372 g/mol. The van der Waals surface area contributed by atoms with Crippen LogP contribution in [0.25, 0.3) is 0 Å². The largest absolute Gasteiger partial charge is 0.352 e. The van der Waals surface area contributed by atoms with Gasteiger partial charge in [0.1, 0.15) is 0 Å². The van der Waals surface area contributed by atoms with Gasteiger partial charge in [-0.25, -0.2) is 4.79 Å². The molecular formula is C20H25N3O2S. The van der Waals surface area contributed by atoms with Crippen LogP contribution in [-0.4, -0.2) is 30.1 Å². The lowest BCUT2D eigenvalue weighted by molar-refractivity contribution is -0.130. The fourth-order valence-electron chi connectivity index (χ4n) is 2.81. The van der Waals surface area contributed by atoms with Gasteiger partial charge in [0, 0.05) is 18.5 Å². The Hall–Kier alpha value is -2.47. The van der Waals surface area contributed by atoms with E-state index in [-0.39, 0.29) is 12.3 Å². The molecule has 0 aliphatic carbocycles. The number of aryl methyl sites for hydroxylation is 1. The molecule has 0 aliphatic heterocycles. The molecule has 3 N–H and O–H groups in total. The van der Waals surface area contributed by atoms with Gasteiger partial charge in [-0.2, -0.15) is 0 Å². The summed E-state index contributed by atoms with van der Waals surface area (Å²) in [5, 5.41) is 2.69. The summed E-state index contributed by atoms with van der Waals surface area (Å²) in [6, 6.07) is 14.7. The molecule has 0 saturated carbocycles. The minimum atomic E-state index is -0.638. The summed E-state index contributed by atoms with van der Waals surface area (Å²) in [6.45, 7) is 2.47. The Balaban J connectivity index is 2.07. The van der Waals surface area contributed by atoms with Crippen molar-refractivity contribution in [1.82, 2.24) is 10.2 Å². The normalized spacial score (nSPS) is 11.7. The number of hydrogen-bond acceptors (Lipinski definition) is 3. The third-order valence-electron chi connectivity index (χ3n) is 4.26. The SMILES string of the molecule is CSc1ccc(CN(C)C(=O)CC(NC(N)=O)c2ccccc2C)cc1.